The van der Waals surface area contributed by atoms with Gasteiger partial charge in [0.05, 0.1) is 11.7 Å². The lowest BCUT2D eigenvalue weighted by atomic mass is 9.79. The average molecular weight is 221 g/mol. The molecular formula is C13H23N3. The van der Waals surface area contributed by atoms with Crippen LogP contribution in [0.25, 0.3) is 0 Å². The molecule has 1 aliphatic carbocycles. The Morgan fingerprint density at radius 1 is 1.38 bits per heavy atom. The Morgan fingerprint density at radius 2 is 2.19 bits per heavy atom. The summed E-state index contributed by atoms with van der Waals surface area (Å²) in [5.74, 6) is 1.71. The molecule has 1 heterocycles. The number of nitrogens with zero attached hydrogens (tertiary/aromatic N) is 2. The summed E-state index contributed by atoms with van der Waals surface area (Å²) >= 11 is 0. The van der Waals surface area contributed by atoms with Crippen molar-refractivity contribution in [1.29, 1.82) is 0 Å². The fourth-order valence-corrected chi connectivity index (χ4v) is 2.62. The van der Waals surface area contributed by atoms with E-state index in [1.807, 2.05) is 7.05 Å². The van der Waals surface area contributed by atoms with Gasteiger partial charge in [-0.3, -0.25) is 4.68 Å². The van der Waals surface area contributed by atoms with E-state index in [4.69, 9.17) is 0 Å². The fraction of sp³-hybridized carbons (Fsp3) is 0.769. The molecule has 90 valence electrons. The third kappa shape index (κ3) is 2.46. The van der Waals surface area contributed by atoms with Gasteiger partial charge in [-0.05, 0) is 44.2 Å². The van der Waals surface area contributed by atoms with Crippen LogP contribution < -0.4 is 5.32 Å². The van der Waals surface area contributed by atoms with Crippen LogP contribution in [0, 0.1) is 11.8 Å². The Labute approximate surface area is 98.2 Å². The van der Waals surface area contributed by atoms with Gasteiger partial charge in [-0.25, -0.2) is 0 Å². The van der Waals surface area contributed by atoms with Gasteiger partial charge in [0, 0.05) is 12.7 Å². The van der Waals surface area contributed by atoms with Gasteiger partial charge in [0.15, 0.2) is 0 Å². The SMILES string of the molecule is CNCc1ccn(C2CCC(C)C(C)C2)n1. The van der Waals surface area contributed by atoms with Crippen LogP contribution in [0.4, 0.5) is 0 Å². The van der Waals surface area contributed by atoms with Gasteiger partial charge in [-0.2, -0.15) is 5.10 Å². The second-order valence-corrected chi connectivity index (χ2v) is 5.24. The van der Waals surface area contributed by atoms with Gasteiger partial charge < -0.3 is 5.32 Å². The quantitative estimate of drug-likeness (QED) is 0.850. The summed E-state index contributed by atoms with van der Waals surface area (Å²) in [4.78, 5) is 0. The van der Waals surface area contributed by atoms with Crippen LogP contribution >= 0.6 is 0 Å². The van der Waals surface area contributed by atoms with Crippen LogP contribution in [-0.4, -0.2) is 16.8 Å². The molecule has 0 saturated heterocycles. The van der Waals surface area contributed by atoms with E-state index < -0.39 is 0 Å². The molecule has 1 aliphatic rings. The highest BCUT2D eigenvalue weighted by Gasteiger charge is 2.25. The number of nitrogens with one attached hydrogen (secondary N) is 1. The van der Waals surface area contributed by atoms with Crippen molar-refractivity contribution in [1.82, 2.24) is 15.1 Å². The minimum absolute atomic E-state index is 0.622. The van der Waals surface area contributed by atoms with Gasteiger partial charge in [0.2, 0.25) is 0 Å². The van der Waals surface area contributed by atoms with Crippen molar-refractivity contribution < 1.29 is 0 Å². The second kappa shape index (κ2) is 5.00. The first-order valence-corrected chi connectivity index (χ1v) is 6.39. The third-order valence-electron chi connectivity index (χ3n) is 3.97. The number of hydrogen-bond acceptors (Lipinski definition) is 2. The largest absolute Gasteiger partial charge is 0.314 e. The minimum atomic E-state index is 0.622. The maximum Gasteiger partial charge on any atom is 0.0762 e. The Balaban J connectivity index is 2.01. The highest BCUT2D eigenvalue weighted by molar-refractivity contribution is 4.99. The topological polar surface area (TPSA) is 29.9 Å². The van der Waals surface area contributed by atoms with Gasteiger partial charge >= 0.3 is 0 Å². The van der Waals surface area contributed by atoms with Crippen molar-refractivity contribution in [3.8, 4) is 0 Å². The first kappa shape index (κ1) is 11.6. The van der Waals surface area contributed by atoms with Gasteiger partial charge in [0.1, 0.15) is 0 Å². The highest BCUT2D eigenvalue weighted by atomic mass is 15.3. The zero-order valence-corrected chi connectivity index (χ0v) is 10.6. The predicted molar refractivity (Wildman–Crippen MR) is 66.2 cm³/mol. The summed E-state index contributed by atoms with van der Waals surface area (Å²) < 4.78 is 2.18. The van der Waals surface area contributed by atoms with Crippen molar-refractivity contribution in [2.45, 2.75) is 45.7 Å². The lowest BCUT2D eigenvalue weighted by molar-refractivity contribution is 0.200. The molecule has 1 N–H and O–H groups in total. The van der Waals surface area contributed by atoms with Crippen LogP contribution in [0.1, 0.15) is 44.8 Å². The first-order chi connectivity index (χ1) is 7.70. The molecule has 16 heavy (non-hydrogen) atoms. The third-order valence-corrected chi connectivity index (χ3v) is 3.97. The normalized spacial score (nSPS) is 30.6. The average Bonchev–Trinajstić information content (AvgIpc) is 2.71. The van der Waals surface area contributed by atoms with Crippen molar-refractivity contribution in [3.63, 3.8) is 0 Å². The van der Waals surface area contributed by atoms with Crippen LogP contribution in [0.3, 0.4) is 0 Å². The molecule has 1 aromatic rings. The van der Waals surface area contributed by atoms with Crippen LogP contribution in [-0.2, 0) is 6.54 Å². The monoisotopic (exact) mass is 221 g/mol. The number of aromatic nitrogens is 2. The molecule has 0 radical (unpaired) electrons. The van der Waals surface area contributed by atoms with E-state index in [2.05, 4.69) is 41.2 Å². The number of rotatable bonds is 3. The molecule has 3 nitrogen and oxygen atoms in total. The molecule has 0 aliphatic heterocycles. The first-order valence-electron chi connectivity index (χ1n) is 6.39. The molecule has 0 amide bonds. The smallest absolute Gasteiger partial charge is 0.0762 e. The highest BCUT2D eigenvalue weighted by Crippen LogP contribution is 2.35. The molecule has 3 atom stereocenters. The molecule has 2 rings (SSSR count). The molecular weight excluding hydrogens is 198 g/mol. The van der Waals surface area contributed by atoms with Gasteiger partial charge in [-0.1, -0.05) is 13.8 Å². The van der Waals surface area contributed by atoms with Crippen molar-refractivity contribution in [3.05, 3.63) is 18.0 Å². The Hall–Kier alpha value is -0.830. The summed E-state index contributed by atoms with van der Waals surface area (Å²) in [6, 6.07) is 2.75. The van der Waals surface area contributed by atoms with E-state index in [1.165, 1.54) is 19.3 Å². The summed E-state index contributed by atoms with van der Waals surface area (Å²) in [6.07, 6.45) is 6.04. The number of hydrogen-bond donors (Lipinski definition) is 1. The molecule has 3 heteroatoms. The standard InChI is InChI=1S/C13H23N3/c1-10-4-5-13(8-11(10)2)16-7-6-12(15-16)9-14-3/h6-7,10-11,13-14H,4-5,8-9H2,1-3H3. The van der Waals surface area contributed by atoms with E-state index in [9.17, 15) is 0 Å². The maximum atomic E-state index is 4.64. The second-order valence-electron chi connectivity index (χ2n) is 5.24. The zero-order chi connectivity index (χ0) is 11.5. The van der Waals surface area contributed by atoms with E-state index in [-0.39, 0.29) is 0 Å². The molecule has 0 aromatic carbocycles. The maximum absolute atomic E-state index is 4.64. The fourth-order valence-electron chi connectivity index (χ4n) is 2.62. The summed E-state index contributed by atoms with van der Waals surface area (Å²) in [7, 11) is 1.96. The molecule has 0 spiro atoms. The van der Waals surface area contributed by atoms with E-state index in [0.717, 1.165) is 24.1 Å². The molecule has 1 saturated carbocycles. The Morgan fingerprint density at radius 3 is 2.88 bits per heavy atom. The Kier molecular flexibility index (Phi) is 3.64. The molecule has 1 fully saturated rings. The lowest BCUT2D eigenvalue weighted by Crippen LogP contribution is -2.23. The van der Waals surface area contributed by atoms with Crippen molar-refractivity contribution >= 4 is 0 Å². The minimum Gasteiger partial charge on any atom is -0.314 e. The predicted octanol–water partition coefficient (Wildman–Crippen LogP) is 2.60. The zero-order valence-electron chi connectivity index (χ0n) is 10.6. The van der Waals surface area contributed by atoms with Gasteiger partial charge in [-0.15, -0.1) is 0 Å². The van der Waals surface area contributed by atoms with Crippen LogP contribution in [0.15, 0.2) is 12.3 Å². The lowest BCUT2D eigenvalue weighted by Gasteiger charge is -2.32. The molecule has 0 bridgehead atoms. The van der Waals surface area contributed by atoms with Crippen molar-refractivity contribution in [2.75, 3.05) is 7.05 Å². The van der Waals surface area contributed by atoms with E-state index in [1.54, 1.807) is 0 Å². The Bertz CT molecular complexity index is 332. The van der Waals surface area contributed by atoms with E-state index >= 15 is 0 Å². The van der Waals surface area contributed by atoms with Crippen LogP contribution in [0.5, 0.6) is 0 Å². The summed E-state index contributed by atoms with van der Waals surface area (Å²) in [6.45, 7) is 5.61. The molecule has 3 unspecified atom stereocenters. The molecule has 1 aromatic heterocycles. The van der Waals surface area contributed by atoms with Crippen LogP contribution in [0.2, 0.25) is 0 Å². The van der Waals surface area contributed by atoms with Gasteiger partial charge in [0.25, 0.3) is 0 Å². The summed E-state index contributed by atoms with van der Waals surface area (Å²) in [5.41, 5.74) is 1.15. The summed E-state index contributed by atoms with van der Waals surface area (Å²) in [5, 5.41) is 7.78. The van der Waals surface area contributed by atoms with E-state index in [0.29, 0.717) is 6.04 Å². The van der Waals surface area contributed by atoms with Crippen molar-refractivity contribution in [2.24, 2.45) is 11.8 Å².